The minimum absolute atomic E-state index is 0.687. The van der Waals surface area contributed by atoms with Crippen LogP contribution < -0.4 is 4.74 Å². The van der Waals surface area contributed by atoms with Crippen LogP contribution in [-0.4, -0.2) is 6.61 Å². The summed E-state index contributed by atoms with van der Waals surface area (Å²) in [6.45, 7) is 2.63. The van der Waals surface area contributed by atoms with E-state index in [4.69, 9.17) is 10.00 Å². The Hall–Kier alpha value is -1.01. The Morgan fingerprint density at radius 2 is 2.38 bits per heavy atom. The van der Waals surface area contributed by atoms with Gasteiger partial charge in [0.25, 0.3) is 0 Å². The summed E-state index contributed by atoms with van der Waals surface area (Å²) >= 11 is 3.43. The molecule has 1 aromatic carbocycles. The standard InChI is InChI=1S/C10H8BrNO/c1-6-4-9(11)10-7(2-3-13-10)8(6)5-12/h4H,2-3H2,1H3. The molecular formula is C10H8BrNO. The number of halogens is 1. The van der Waals surface area contributed by atoms with Crippen molar-refractivity contribution in [3.05, 3.63) is 27.2 Å². The number of fused-ring (bicyclic) bond motifs is 1. The molecule has 0 N–H and O–H groups in total. The lowest BCUT2D eigenvalue weighted by molar-refractivity contribution is 0.355. The maximum absolute atomic E-state index is 8.95. The van der Waals surface area contributed by atoms with Crippen LogP contribution in [0.1, 0.15) is 16.7 Å². The fraction of sp³-hybridized carbons (Fsp3) is 0.300. The third-order valence-electron chi connectivity index (χ3n) is 2.24. The molecule has 0 unspecified atom stereocenters. The van der Waals surface area contributed by atoms with Gasteiger partial charge in [0.2, 0.25) is 0 Å². The lowest BCUT2D eigenvalue weighted by Crippen LogP contribution is -1.90. The van der Waals surface area contributed by atoms with Crippen LogP contribution in [0, 0.1) is 18.3 Å². The molecule has 13 heavy (non-hydrogen) atoms. The SMILES string of the molecule is Cc1cc(Br)c2c(c1C#N)CCO2. The largest absolute Gasteiger partial charge is 0.492 e. The number of nitriles is 1. The number of ether oxygens (including phenoxy) is 1. The van der Waals surface area contributed by atoms with Crippen LogP contribution in [0.5, 0.6) is 5.75 Å². The lowest BCUT2D eigenvalue weighted by atomic mass is 10.0. The zero-order chi connectivity index (χ0) is 9.42. The van der Waals surface area contributed by atoms with Gasteiger partial charge in [0.1, 0.15) is 5.75 Å². The van der Waals surface area contributed by atoms with Crippen molar-refractivity contribution < 1.29 is 4.74 Å². The zero-order valence-corrected chi connectivity index (χ0v) is 8.81. The van der Waals surface area contributed by atoms with Gasteiger partial charge in [-0.2, -0.15) is 5.26 Å². The molecule has 2 nitrogen and oxygen atoms in total. The predicted octanol–water partition coefficient (Wildman–Crippen LogP) is 2.56. The third-order valence-corrected chi connectivity index (χ3v) is 2.83. The van der Waals surface area contributed by atoms with E-state index in [9.17, 15) is 0 Å². The van der Waals surface area contributed by atoms with E-state index in [1.54, 1.807) is 0 Å². The van der Waals surface area contributed by atoms with Crippen molar-refractivity contribution in [1.29, 1.82) is 5.26 Å². The van der Waals surface area contributed by atoms with Gasteiger partial charge in [-0.1, -0.05) is 0 Å². The molecule has 0 aromatic heterocycles. The second kappa shape index (κ2) is 3.04. The Kier molecular flexibility index (Phi) is 2.01. The van der Waals surface area contributed by atoms with Gasteiger partial charge in [0.15, 0.2) is 0 Å². The van der Waals surface area contributed by atoms with Crippen LogP contribution in [0.3, 0.4) is 0 Å². The molecule has 0 radical (unpaired) electrons. The Labute approximate surface area is 85.3 Å². The van der Waals surface area contributed by atoms with E-state index in [2.05, 4.69) is 22.0 Å². The van der Waals surface area contributed by atoms with Crippen molar-refractivity contribution >= 4 is 15.9 Å². The van der Waals surface area contributed by atoms with Crippen LogP contribution in [0.2, 0.25) is 0 Å². The quantitative estimate of drug-likeness (QED) is 0.695. The van der Waals surface area contributed by atoms with Gasteiger partial charge in [-0.15, -0.1) is 0 Å². The first kappa shape index (κ1) is 8.58. The molecule has 3 heteroatoms. The van der Waals surface area contributed by atoms with Gasteiger partial charge in [-0.25, -0.2) is 0 Å². The summed E-state index contributed by atoms with van der Waals surface area (Å²) in [6, 6.07) is 4.16. The number of aryl methyl sites for hydroxylation is 1. The highest BCUT2D eigenvalue weighted by atomic mass is 79.9. The van der Waals surface area contributed by atoms with Crippen LogP contribution in [0.15, 0.2) is 10.5 Å². The van der Waals surface area contributed by atoms with Crippen molar-refractivity contribution in [2.45, 2.75) is 13.3 Å². The molecule has 0 atom stereocenters. The van der Waals surface area contributed by atoms with Gasteiger partial charge < -0.3 is 4.74 Å². The average molecular weight is 238 g/mol. The molecular weight excluding hydrogens is 230 g/mol. The second-order valence-corrected chi connectivity index (χ2v) is 3.92. The summed E-state index contributed by atoms with van der Waals surface area (Å²) in [4.78, 5) is 0. The van der Waals surface area contributed by atoms with E-state index in [0.717, 1.165) is 33.3 Å². The topological polar surface area (TPSA) is 33.0 Å². The number of rotatable bonds is 0. The lowest BCUT2D eigenvalue weighted by Gasteiger charge is -2.06. The van der Waals surface area contributed by atoms with E-state index in [1.165, 1.54) is 0 Å². The van der Waals surface area contributed by atoms with E-state index < -0.39 is 0 Å². The van der Waals surface area contributed by atoms with Gasteiger partial charge in [0.05, 0.1) is 22.7 Å². The van der Waals surface area contributed by atoms with E-state index >= 15 is 0 Å². The van der Waals surface area contributed by atoms with Crippen molar-refractivity contribution in [2.24, 2.45) is 0 Å². The van der Waals surface area contributed by atoms with Crippen molar-refractivity contribution in [3.8, 4) is 11.8 Å². The average Bonchev–Trinajstić information content (AvgIpc) is 2.53. The van der Waals surface area contributed by atoms with Gasteiger partial charge in [-0.05, 0) is 34.5 Å². The van der Waals surface area contributed by atoms with Crippen molar-refractivity contribution in [2.75, 3.05) is 6.61 Å². The van der Waals surface area contributed by atoms with E-state index in [1.807, 2.05) is 13.0 Å². The predicted molar refractivity (Wildman–Crippen MR) is 52.8 cm³/mol. The number of hydrogen-bond acceptors (Lipinski definition) is 2. The molecule has 0 bridgehead atoms. The number of hydrogen-bond donors (Lipinski definition) is 0. The summed E-state index contributed by atoms with van der Waals surface area (Å²) in [5.74, 6) is 0.849. The third kappa shape index (κ3) is 1.22. The molecule has 66 valence electrons. The summed E-state index contributed by atoms with van der Waals surface area (Å²) in [6.07, 6.45) is 0.846. The van der Waals surface area contributed by atoms with Crippen molar-refractivity contribution in [1.82, 2.24) is 0 Å². The van der Waals surface area contributed by atoms with Gasteiger partial charge >= 0.3 is 0 Å². The number of nitrogens with zero attached hydrogens (tertiary/aromatic N) is 1. The van der Waals surface area contributed by atoms with Crippen LogP contribution in [0.4, 0.5) is 0 Å². The van der Waals surface area contributed by atoms with Crippen LogP contribution in [0.25, 0.3) is 0 Å². The minimum Gasteiger partial charge on any atom is -0.492 e. The Balaban J connectivity index is 2.74. The molecule has 1 aliphatic heterocycles. The van der Waals surface area contributed by atoms with Gasteiger partial charge in [-0.3, -0.25) is 0 Å². The molecule has 0 saturated carbocycles. The molecule has 2 rings (SSSR count). The first-order chi connectivity index (χ1) is 6.24. The first-order valence-electron chi connectivity index (χ1n) is 4.09. The second-order valence-electron chi connectivity index (χ2n) is 3.07. The monoisotopic (exact) mass is 237 g/mol. The van der Waals surface area contributed by atoms with Crippen LogP contribution in [-0.2, 0) is 6.42 Å². The molecule has 0 saturated heterocycles. The summed E-state index contributed by atoms with van der Waals surface area (Å²) in [7, 11) is 0. The first-order valence-corrected chi connectivity index (χ1v) is 4.88. The molecule has 1 aliphatic rings. The summed E-state index contributed by atoms with van der Waals surface area (Å²) in [5, 5.41) is 8.95. The zero-order valence-electron chi connectivity index (χ0n) is 7.22. The molecule has 0 aliphatic carbocycles. The van der Waals surface area contributed by atoms with Crippen LogP contribution >= 0.6 is 15.9 Å². The minimum atomic E-state index is 0.687. The molecule has 0 amide bonds. The Morgan fingerprint density at radius 3 is 3.08 bits per heavy atom. The number of benzene rings is 1. The maximum atomic E-state index is 8.95. The Bertz CT molecular complexity index is 406. The van der Waals surface area contributed by atoms with Gasteiger partial charge in [0, 0.05) is 12.0 Å². The summed E-state index contributed by atoms with van der Waals surface area (Å²) < 4.78 is 6.38. The Morgan fingerprint density at radius 1 is 1.62 bits per heavy atom. The molecule has 0 spiro atoms. The fourth-order valence-corrected chi connectivity index (χ4v) is 2.33. The highest BCUT2D eigenvalue weighted by molar-refractivity contribution is 9.10. The molecule has 1 heterocycles. The highest BCUT2D eigenvalue weighted by Gasteiger charge is 2.20. The highest BCUT2D eigenvalue weighted by Crippen LogP contribution is 2.37. The molecule has 0 fully saturated rings. The van der Waals surface area contributed by atoms with Crippen molar-refractivity contribution in [3.63, 3.8) is 0 Å². The summed E-state index contributed by atoms with van der Waals surface area (Å²) in [5.41, 5.74) is 2.84. The molecule has 1 aromatic rings. The van der Waals surface area contributed by atoms with E-state index in [-0.39, 0.29) is 0 Å². The maximum Gasteiger partial charge on any atom is 0.138 e. The normalized spacial score (nSPS) is 13.3. The van der Waals surface area contributed by atoms with E-state index in [0.29, 0.717) is 6.61 Å². The fourth-order valence-electron chi connectivity index (χ4n) is 1.63. The smallest absolute Gasteiger partial charge is 0.138 e.